The van der Waals surface area contributed by atoms with Gasteiger partial charge in [0.2, 0.25) is 0 Å². The second-order valence-electron chi connectivity index (χ2n) is 7.33. The van der Waals surface area contributed by atoms with Crippen molar-refractivity contribution in [2.45, 2.75) is 45.4 Å². The normalized spacial score (nSPS) is 10.7. The summed E-state index contributed by atoms with van der Waals surface area (Å²) < 4.78 is 11.3. The Bertz CT molecular complexity index is 970. The maximum Gasteiger partial charge on any atom is 0.144 e. The van der Waals surface area contributed by atoms with Gasteiger partial charge in [0.15, 0.2) is 0 Å². The largest absolute Gasteiger partial charge is 0.495 e. The quantitative estimate of drug-likeness (QED) is 0.348. The molecule has 0 atom stereocenters. The predicted octanol–water partition coefficient (Wildman–Crippen LogP) is 7.13. The molecule has 3 nitrogen and oxygen atoms in total. The molecular formula is C26H29NO2. The van der Waals surface area contributed by atoms with Gasteiger partial charge in [-0.05, 0) is 53.3 Å². The highest BCUT2D eigenvalue weighted by atomic mass is 16.5. The van der Waals surface area contributed by atoms with E-state index in [1.807, 2.05) is 30.3 Å². The molecule has 0 amide bonds. The van der Waals surface area contributed by atoms with Crippen LogP contribution in [0.5, 0.6) is 11.5 Å². The number of methoxy groups -OCH3 is 1. The number of unbranched alkanes of at least 4 members (excludes halogenated alkanes) is 5. The number of nitriles is 1. The first-order valence-electron chi connectivity index (χ1n) is 10.5. The highest BCUT2D eigenvalue weighted by molar-refractivity contribution is 5.93. The van der Waals surface area contributed by atoms with E-state index in [0.29, 0.717) is 11.3 Å². The van der Waals surface area contributed by atoms with E-state index >= 15 is 0 Å². The van der Waals surface area contributed by atoms with Crippen molar-refractivity contribution in [2.24, 2.45) is 0 Å². The molecule has 0 aliphatic rings. The molecule has 3 aromatic carbocycles. The van der Waals surface area contributed by atoms with E-state index in [4.69, 9.17) is 9.47 Å². The smallest absolute Gasteiger partial charge is 0.144 e. The minimum atomic E-state index is 0.555. The van der Waals surface area contributed by atoms with Crippen molar-refractivity contribution in [1.29, 1.82) is 5.26 Å². The molecule has 3 heteroatoms. The Balaban J connectivity index is 1.64. The molecule has 3 rings (SSSR count). The van der Waals surface area contributed by atoms with Crippen LogP contribution in [0.4, 0.5) is 0 Å². The third kappa shape index (κ3) is 5.29. The van der Waals surface area contributed by atoms with Crippen LogP contribution >= 0.6 is 0 Å². The van der Waals surface area contributed by atoms with Gasteiger partial charge >= 0.3 is 0 Å². The molecule has 0 aliphatic carbocycles. The Morgan fingerprint density at radius 3 is 2.28 bits per heavy atom. The van der Waals surface area contributed by atoms with Crippen molar-refractivity contribution in [3.05, 3.63) is 60.2 Å². The average Bonchev–Trinajstić information content (AvgIpc) is 2.77. The number of rotatable bonds is 10. The molecule has 0 unspecified atom stereocenters. The maximum atomic E-state index is 9.25. The standard InChI is InChI=1S/C26H29NO2/c1-3-4-5-6-7-8-17-29-24-14-11-20(12-15-24)21-13-16-25-22(18-21)9-10-23(19-27)26(25)28-2/h9-16,18H,3-8,17H2,1-2H3. The van der Waals surface area contributed by atoms with Crippen molar-refractivity contribution in [3.63, 3.8) is 0 Å². The monoisotopic (exact) mass is 387 g/mol. The Hall–Kier alpha value is -2.99. The van der Waals surface area contributed by atoms with Crippen molar-refractivity contribution in [1.82, 2.24) is 0 Å². The molecule has 150 valence electrons. The van der Waals surface area contributed by atoms with Crippen LogP contribution in [-0.4, -0.2) is 13.7 Å². The highest BCUT2D eigenvalue weighted by Gasteiger charge is 2.09. The van der Waals surface area contributed by atoms with E-state index < -0.39 is 0 Å². The number of hydrogen-bond acceptors (Lipinski definition) is 3. The van der Waals surface area contributed by atoms with E-state index in [1.165, 1.54) is 32.1 Å². The summed E-state index contributed by atoms with van der Waals surface area (Å²) in [6.45, 7) is 3.02. The van der Waals surface area contributed by atoms with Crippen molar-refractivity contribution in [2.75, 3.05) is 13.7 Å². The topological polar surface area (TPSA) is 42.2 Å². The molecule has 0 N–H and O–H groups in total. The van der Waals surface area contributed by atoms with Crippen LogP contribution < -0.4 is 9.47 Å². The molecule has 0 aromatic heterocycles. The molecule has 0 radical (unpaired) electrons. The van der Waals surface area contributed by atoms with Crippen LogP contribution in [0.3, 0.4) is 0 Å². The summed E-state index contributed by atoms with van der Waals surface area (Å²) in [5, 5.41) is 11.3. The summed E-state index contributed by atoms with van der Waals surface area (Å²) >= 11 is 0. The van der Waals surface area contributed by atoms with Crippen molar-refractivity contribution >= 4 is 10.8 Å². The zero-order valence-electron chi connectivity index (χ0n) is 17.4. The first-order valence-corrected chi connectivity index (χ1v) is 10.5. The third-order valence-electron chi connectivity index (χ3n) is 5.25. The lowest BCUT2D eigenvalue weighted by atomic mass is 9.99. The molecule has 0 fully saturated rings. The molecule has 29 heavy (non-hydrogen) atoms. The van der Waals surface area contributed by atoms with Crippen molar-refractivity contribution in [3.8, 4) is 28.7 Å². The van der Waals surface area contributed by atoms with Crippen LogP contribution in [-0.2, 0) is 0 Å². The number of ether oxygens (including phenoxy) is 2. The molecule has 3 aromatic rings. The van der Waals surface area contributed by atoms with Gasteiger partial charge in [0, 0.05) is 5.39 Å². The summed E-state index contributed by atoms with van der Waals surface area (Å²) in [6.07, 6.45) is 7.62. The van der Waals surface area contributed by atoms with Gasteiger partial charge in [0.25, 0.3) is 0 Å². The zero-order valence-corrected chi connectivity index (χ0v) is 17.4. The number of nitrogens with zero attached hydrogens (tertiary/aromatic N) is 1. The summed E-state index contributed by atoms with van der Waals surface area (Å²) in [5.41, 5.74) is 2.83. The Morgan fingerprint density at radius 1 is 0.828 bits per heavy atom. The van der Waals surface area contributed by atoms with Crippen LogP contribution in [0, 0.1) is 11.3 Å². The van der Waals surface area contributed by atoms with E-state index in [0.717, 1.165) is 40.7 Å². The Morgan fingerprint density at radius 2 is 1.55 bits per heavy atom. The van der Waals surface area contributed by atoms with Gasteiger partial charge in [-0.15, -0.1) is 0 Å². The highest BCUT2D eigenvalue weighted by Crippen LogP contribution is 2.33. The Kier molecular flexibility index (Phi) is 7.53. The van der Waals surface area contributed by atoms with Crippen LogP contribution in [0.15, 0.2) is 54.6 Å². The fourth-order valence-corrected chi connectivity index (χ4v) is 3.60. The molecule has 0 saturated heterocycles. The lowest BCUT2D eigenvalue weighted by Crippen LogP contribution is -1.97. The van der Waals surface area contributed by atoms with E-state index in [9.17, 15) is 5.26 Å². The van der Waals surface area contributed by atoms with Crippen molar-refractivity contribution < 1.29 is 9.47 Å². The fourth-order valence-electron chi connectivity index (χ4n) is 3.60. The molecule has 0 aliphatic heterocycles. The molecule has 0 spiro atoms. The zero-order chi connectivity index (χ0) is 20.5. The fraction of sp³-hybridized carbons (Fsp3) is 0.346. The summed E-state index contributed by atoms with van der Waals surface area (Å²) in [4.78, 5) is 0. The average molecular weight is 388 g/mol. The van der Waals surface area contributed by atoms with Gasteiger partial charge in [0.1, 0.15) is 17.6 Å². The molecular weight excluding hydrogens is 358 g/mol. The number of hydrogen-bond donors (Lipinski definition) is 0. The second kappa shape index (κ2) is 10.5. The minimum absolute atomic E-state index is 0.555. The predicted molar refractivity (Wildman–Crippen MR) is 120 cm³/mol. The van der Waals surface area contributed by atoms with Gasteiger partial charge in [-0.3, -0.25) is 0 Å². The van der Waals surface area contributed by atoms with Crippen LogP contribution in [0.2, 0.25) is 0 Å². The van der Waals surface area contributed by atoms with E-state index in [2.05, 4.69) is 37.3 Å². The second-order valence-corrected chi connectivity index (χ2v) is 7.33. The van der Waals surface area contributed by atoms with E-state index in [1.54, 1.807) is 7.11 Å². The first kappa shape index (κ1) is 20.7. The van der Waals surface area contributed by atoms with Gasteiger partial charge < -0.3 is 9.47 Å². The number of fused-ring (bicyclic) bond motifs is 1. The molecule has 0 saturated carbocycles. The van der Waals surface area contributed by atoms with Gasteiger partial charge in [0.05, 0.1) is 19.3 Å². The van der Waals surface area contributed by atoms with Gasteiger partial charge in [-0.25, -0.2) is 0 Å². The lowest BCUT2D eigenvalue weighted by molar-refractivity contribution is 0.304. The first-order chi connectivity index (χ1) is 14.3. The summed E-state index contributed by atoms with van der Waals surface area (Å²) in [5.74, 6) is 1.55. The third-order valence-corrected chi connectivity index (χ3v) is 5.25. The SMILES string of the molecule is CCCCCCCCOc1ccc(-c2ccc3c(OC)c(C#N)ccc3c2)cc1. The Labute approximate surface area is 173 Å². The molecule has 0 heterocycles. The lowest BCUT2D eigenvalue weighted by Gasteiger charge is -2.10. The van der Waals surface area contributed by atoms with Gasteiger partial charge in [-0.2, -0.15) is 5.26 Å². The van der Waals surface area contributed by atoms with Crippen LogP contribution in [0.25, 0.3) is 21.9 Å². The number of benzene rings is 3. The van der Waals surface area contributed by atoms with Gasteiger partial charge in [-0.1, -0.05) is 63.3 Å². The summed E-state index contributed by atoms with van der Waals surface area (Å²) in [7, 11) is 1.60. The van der Waals surface area contributed by atoms with E-state index in [-0.39, 0.29) is 0 Å². The summed E-state index contributed by atoms with van der Waals surface area (Å²) in [6, 6.07) is 20.5. The maximum absolute atomic E-state index is 9.25. The minimum Gasteiger partial charge on any atom is -0.495 e. The van der Waals surface area contributed by atoms with Crippen LogP contribution in [0.1, 0.15) is 51.0 Å². The molecule has 0 bridgehead atoms.